The van der Waals surface area contributed by atoms with Gasteiger partial charge in [-0.1, -0.05) is 11.6 Å². The van der Waals surface area contributed by atoms with Gasteiger partial charge in [0.15, 0.2) is 5.65 Å². The zero-order chi connectivity index (χ0) is 21.3. The van der Waals surface area contributed by atoms with Crippen LogP contribution in [0.1, 0.15) is 31.6 Å². The molecule has 1 atom stereocenters. The van der Waals surface area contributed by atoms with E-state index in [2.05, 4.69) is 15.3 Å². The van der Waals surface area contributed by atoms with Crippen LogP contribution in [0.3, 0.4) is 0 Å². The number of sulfone groups is 1. The Labute approximate surface area is 180 Å². The predicted octanol–water partition coefficient (Wildman–Crippen LogP) is 2.91. The van der Waals surface area contributed by atoms with E-state index in [1.54, 1.807) is 47.2 Å². The molecule has 2 aromatic heterocycles. The average Bonchev–Trinajstić information content (AvgIpc) is 2.73. The first-order valence-electron chi connectivity index (χ1n) is 9.91. The first-order chi connectivity index (χ1) is 14.3. The van der Waals surface area contributed by atoms with Gasteiger partial charge in [-0.2, -0.15) is 0 Å². The molecule has 0 spiro atoms. The molecule has 0 amide bonds. The third-order valence-electron chi connectivity index (χ3n) is 5.53. The summed E-state index contributed by atoms with van der Waals surface area (Å²) in [6.07, 6.45) is 2.92. The van der Waals surface area contributed by atoms with Gasteiger partial charge in [-0.25, -0.2) is 18.4 Å². The van der Waals surface area contributed by atoms with E-state index in [9.17, 15) is 13.2 Å². The topological polar surface area (TPSA) is 94.0 Å². The van der Waals surface area contributed by atoms with Crippen LogP contribution in [0.15, 0.2) is 47.4 Å². The van der Waals surface area contributed by atoms with Crippen LogP contribution < -0.4 is 10.9 Å². The van der Waals surface area contributed by atoms with Crippen LogP contribution >= 0.6 is 11.6 Å². The quantitative estimate of drug-likeness (QED) is 0.647. The number of rotatable bonds is 5. The maximum atomic E-state index is 13.3. The number of benzene rings is 1. The summed E-state index contributed by atoms with van der Waals surface area (Å²) in [6, 6.07) is 10.2. The van der Waals surface area contributed by atoms with Gasteiger partial charge in [-0.15, -0.1) is 0 Å². The molecule has 9 heteroatoms. The van der Waals surface area contributed by atoms with E-state index in [0.29, 0.717) is 47.0 Å². The van der Waals surface area contributed by atoms with Crippen LogP contribution in [0.25, 0.3) is 16.7 Å². The molecule has 0 bridgehead atoms. The molecule has 3 heterocycles. The normalized spacial score (nSPS) is 17.8. The number of fused-ring (bicyclic) bond motifs is 1. The minimum absolute atomic E-state index is 0.192. The largest absolute Gasteiger partial charge is 0.307 e. The molecule has 7 nitrogen and oxygen atoms in total. The Morgan fingerprint density at radius 3 is 2.60 bits per heavy atom. The van der Waals surface area contributed by atoms with Crippen molar-refractivity contribution in [2.24, 2.45) is 5.92 Å². The van der Waals surface area contributed by atoms with Gasteiger partial charge < -0.3 is 5.32 Å². The number of aromatic nitrogens is 3. The van der Waals surface area contributed by atoms with Crippen molar-refractivity contribution in [2.75, 3.05) is 18.1 Å². The molecule has 1 aliphatic heterocycles. The fourth-order valence-corrected chi connectivity index (χ4v) is 5.46. The zero-order valence-electron chi connectivity index (χ0n) is 16.6. The summed E-state index contributed by atoms with van der Waals surface area (Å²) in [6.45, 7) is 2.61. The monoisotopic (exact) mass is 446 g/mol. The van der Waals surface area contributed by atoms with Gasteiger partial charge in [0.25, 0.3) is 5.56 Å². The molecule has 0 radical (unpaired) electrons. The molecule has 0 aliphatic carbocycles. The van der Waals surface area contributed by atoms with Gasteiger partial charge in [0, 0.05) is 11.2 Å². The average molecular weight is 447 g/mol. The minimum atomic E-state index is -2.89. The standard InChI is InChI=1S/C21H23ClN4O3S/c1-14(24-13-15-8-11-30(28,29)12-9-15)20-25-19-18(3-2-10-23-19)21(27)26(20)17-6-4-16(22)5-7-17/h2-7,10,14-15,24H,8-9,11-13H2,1H3/t14-/m0/s1. The summed E-state index contributed by atoms with van der Waals surface area (Å²) < 4.78 is 24.9. The maximum Gasteiger partial charge on any atom is 0.267 e. The lowest BCUT2D eigenvalue weighted by Crippen LogP contribution is -2.35. The predicted molar refractivity (Wildman–Crippen MR) is 118 cm³/mol. The van der Waals surface area contributed by atoms with Crippen LogP contribution in [0.2, 0.25) is 5.02 Å². The molecule has 0 saturated carbocycles. The summed E-state index contributed by atoms with van der Waals surface area (Å²) >= 11 is 6.02. The van der Waals surface area contributed by atoms with Crippen LogP contribution in [0.4, 0.5) is 0 Å². The molecular formula is C21H23ClN4O3S. The highest BCUT2D eigenvalue weighted by Gasteiger charge is 2.25. The Balaban J connectivity index is 1.67. The van der Waals surface area contributed by atoms with Crippen LogP contribution in [0.5, 0.6) is 0 Å². The first-order valence-corrected chi connectivity index (χ1v) is 12.1. The summed E-state index contributed by atoms with van der Waals surface area (Å²) in [4.78, 5) is 22.2. The fourth-order valence-electron chi connectivity index (χ4n) is 3.74. The van der Waals surface area contributed by atoms with E-state index in [1.807, 2.05) is 6.92 Å². The van der Waals surface area contributed by atoms with E-state index in [4.69, 9.17) is 11.6 Å². The molecular weight excluding hydrogens is 424 g/mol. The maximum absolute atomic E-state index is 13.3. The van der Waals surface area contributed by atoms with Gasteiger partial charge in [-0.05, 0) is 68.6 Å². The summed E-state index contributed by atoms with van der Waals surface area (Å²) in [7, 11) is -2.89. The third-order valence-corrected chi connectivity index (χ3v) is 7.50. The molecule has 158 valence electrons. The number of nitrogens with one attached hydrogen (secondary N) is 1. The van der Waals surface area contributed by atoms with Crippen molar-refractivity contribution in [3.63, 3.8) is 0 Å². The molecule has 1 fully saturated rings. The van der Waals surface area contributed by atoms with Crippen molar-refractivity contribution in [2.45, 2.75) is 25.8 Å². The van der Waals surface area contributed by atoms with Gasteiger partial charge in [0.1, 0.15) is 15.7 Å². The van der Waals surface area contributed by atoms with Crippen LogP contribution in [-0.4, -0.2) is 41.0 Å². The van der Waals surface area contributed by atoms with Crippen LogP contribution in [0, 0.1) is 5.92 Å². The van der Waals surface area contributed by atoms with Crippen molar-refractivity contribution in [3.8, 4) is 5.69 Å². The Morgan fingerprint density at radius 1 is 1.20 bits per heavy atom. The second kappa shape index (κ2) is 8.45. The van der Waals surface area contributed by atoms with E-state index in [0.717, 1.165) is 0 Å². The van der Waals surface area contributed by atoms with Gasteiger partial charge in [-0.3, -0.25) is 9.36 Å². The number of pyridine rings is 1. The van der Waals surface area contributed by atoms with E-state index >= 15 is 0 Å². The Bertz CT molecular complexity index is 1210. The summed E-state index contributed by atoms with van der Waals surface area (Å²) in [5, 5.41) is 4.47. The highest BCUT2D eigenvalue weighted by molar-refractivity contribution is 7.91. The number of halogens is 1. The highest BCUT2D eigenvalue weighted by atomic mass is 35.5. The molecule has 4 rings (SSSR count). The summed E-state index contributed by atoms with van der Waals surface area (Å²) in [5.41, 5.74) is 0.887. The molecule has 0 unspecified atom stereocenters. The van der Waals surface area contributed by atoms with Crippen molar-refractivity contribution < 1.29 is 8.42 Å². The number of hydrogen-bond acceptors (Lipinski definition) is 6. The van der Waals surface area contributed by atoms with Crippen molar-refractivity contribution >= 4 is 32.5 Å². The SMILES string of the molecule is C[C@H](NCC1CCS(=O)(=O)CC1)c1nc2ncccc2c(=O)n1-c1ccc(Cl)cc1. The Kier molecular flexibility index (Phi) is 5.90. The second-order valence-electron chi connectivity index (χ2n) is 7.69. The van der Waals surface area contributed by atoms with Gasteiger partial charge >= 0.3 is 0 Å². The lowest BCUT2D eigenvalue weighted by atomic mass is 10.0. The van der Waals surface area contributed by atoms with E-state index in [1.165, 1.54) is 0 Å². The second-order valence-corrected chi connectivity index (χ2v) is 10.4. The third kappa shape index (κ3) is 4.40. The lowest BCUT2D eigenvalue weighted by Gasteiger charge is -2.25. The van der Waals surface area contributed by atoms with Crippen molar-refractivity contribution in [3.05, 3.63) is 63.8 Å². The zero-order valence-corrected chi connectivity index (χ0v) is 18.2. The molecule has 3 aromatic rings. The number of nitrogens with zero attached hydrogens (tertiary/aromatic N) is 3. The molecule has 1 aliphatic rings. The number of hydrogen-bond donors (Lipinski definition) is 1. The van der Waals surface area contributed by atoms with Crippen LogP contribution in [-0.2, 0) is 9.84 Å². The Morgan fingerprint density at radius 2 is 1.90 bits per heavy atom. The lowest BCUT2D eigenvalue weighted by molar-refractivity contribution is 0.402. The molecule has 30 heavy (non-hydrogen) atoms. The van der Waals surface area contributed by atoms with Gasteiger partial charge in [0.05, 0.1) is 28.6 Å². The summed E-state index contributed by atoms with van der Waals surface area (Å²) in [5.74, 6) is 1.31. The van der Waals surface area contributed by atoms with Gasteiger partial charge in [0.2, 0.25) is 0 Å². The fraction of sp³-hybridized carbons (Fsp3) is 0.381. The Hall–Kier alpha value is -2.29. The molecule has 1 N–H and O–H groups in total. The van der Waals surface area contributed by atoms with E-state index in [-0.39, 0.29) is 29.0 Å². The van der Waals surface area contributed by atoms with Crippen molar-refractivity contribution in [1.82, 2.24) is 19.9 Å². The van der Waals surface area contributed by atoms with Crippen molar-refractivity contribution in [1.29, 1.82) is 0 Å². The highest BCUT2D eigenvalue weighted by Crippen LogP contribution is 2.21. The minimum Gasteiger partial charge on any atom is -0.307 e. The molecule has 1 aromatic carbocycles. The first kappa shape index (κ1) is 21.0. The smallest absolute Gasteiger partial charge is 0.267 e. The molecule has 1 saturated heterocycles. The van der Waals surface area contributed by atoms with E-state index < -0.39 is 9.84 Å².